The first kappa shape index (κ1) is 35.7. The zero-order chi connectivity index (χ0) is 37.4. The Balaban J connectivity index is 0.00000422. The van der Waals surface area contributed by atoms with Crippen LogP contribution in [0.1, 0.15) is 22.3 Å². The van der Waals surface area contributed by atoms with Crippen molar-refractivity contribution in [1.82, 2.24) is 9.55 Å². The van der Waals surface area contributed by atoms with Gasteiger partial charge in [0, 0.05) is 49.8 Å². The van der Waals surface area contributed by atoms with Gasteiger partial charge in [0.2, 0.25) is 0 Å². The molecule has 0 N–H and O–H groups in total. The van der Waals surface area contributed by atoms with Crippen molar-refractivity contribution < 1.29 is 21.1 Å². The van der Waals surface area contributed by atoms with E-state index in [1.165, 1.54) is 0 Å². The average molecular weight is 910 g/mol. The molecule has 0 bridgehead atoms. The number of rotatable bonds is 7. The predicted molar refractivity (Wildman–Crippen MR) is 228 cm³/mol. The summed E-state index contributed by atoms with van der Waals surface area (Å²) in [6, 6.07) is 70.3. The number of hydrogen-bond acceptors (Lipinski definition) is 3. The van der Waals surface area contributed by atoms with E-state index in [9.17, 15) is 0 Å². The van der Waals surface area contributed by atoms with E-state index in [1.54, 1.807) is 0 Å². The molecule has 0 fully saturated rings. The number of anilines is 4. The van der Waals surface area contributed by atoms with Gasteiger partial charge in [0.15, 0.2) is 5.69 Å². The van der Waals surface area contributed by atoms with Crippen LogP contribution in [0, 0.1) is 25.4 Å². The Morgan fingerprint density at radius 1 is 0.561 bits per heavy atom. The van der Waals surface area contributed by atoms with Crippen molar-refractivity contribution in [3.8, 4) is 5.82 Å². The van der Waals surface area contributed by atoms with E-state index in [1.807, 2.05) is 60.8 Å². The minimum absolute atomic E-state index is 0. The number of para-hydroxylation sites is 2. The molecule has 9 aromatic rings. The van der Waals surface area contributed by atoms with E-state index in [2.05, 4.69) is 165 Å². The zero-order valence-electron chi connectivity index (χ0n) is 30.5. The molecule has 0 radical (unpaired) electrons. The molecule has 1 aliphatic heterocycles. The van der Waals surface area contributed by atoms with Crippen LogP contribution in [0.4, 0.5) is 28.4 Å². The Hall–Kier alpha value is -6.99. The van der Waals surface area contributed by atoms with Crippen LogP contribution in [-0.2, 0) is 21.1 Å². The summed E-state index contributed by atoms with van der Waals surface area (Å²) in [6.07, 6.45) is 1.84. The largest absolute Gasteiger partial charge is 0.489 e. The minimum atomic E-state index is 0. The maximum Gasteiger partial charge on any atom is 0.189 e. The van der Waals surface area contributed by atoms with Crippen molar-refractivity contribution >= 4 is 61.4 Å². The van der Waals surface area contributed by atoms with Crippen molar-refractivity contribution in [2.24, 2.45) is 0 Å². The summed E-state index contributed by atoms with van der Waals surface area (Å²) in [6.45, 7) is 9.83. The van der Waals surface area contributed by atoms with E-state index in [-0.39, 0.29) is 21.1 Å². The smallest absolute Gasteiger partial charge is 0.189 e. The summed E-state index contributed by atoms with van der Waals surface area (Å²) in [5.74, 6) is 0.838. The van der Waals surface area contributed by atoms with Crippen LogP contribution in [0.2, 0.25) is 0 Å². The topological polar surface area (TPSA) is 28.7 Å². The minimum Gasteiger partial charge on any atom is -0.489 e. The van der Waals surface area contributed by atoms with Crippen LogP contribution in [0.15, 0.2) is 188 Å². The molecule has 1 aliphatic rings. The maximum atomic E-state index is 7.74. The van der Waals surface area contributed by atoms with Gasteiger partial charge in [-0.05, 0) is 70.1 Å². The van der Waals surface area contributed by atoms with Gasteiger partial charge >= 0.3 is 0 Å². The Kier molecular flexibility index (Phi) is 9.56. The average Bonchev–Trinajstić information content (AvgIpc) is 3.82. The molecule has 5 nitrogen and oxygen atoms in total. The summed E-state index contributed by atoms with van der Waals surface area (Å²) in [5, 5.41) is 2.25. The third kappa shape index (κ3) is 6.41. The molecule has 2 aromatic heterocycles. The van der Waals surface area contributed by atoms with Gasteiger partial charge in [-0.1, -0.05) is 120 Å². The number of hydrogen-bond donors (Lipinski definition) is 0. The first-order valence-electron chi connectivity index (χ1n) is 18.5. The molecule has 274 valence electrons. The van der Waals surface area contributed by atoms with E-state index in [0.29, 0.717) is 5.69 Å². The molecular formula is C51H32N5Pt-3. The molecule has 0 aliphatic carbocycles. The van der Waals surface area contributed by atoms with Crippen LogP contribution < -0.4 is 9.80 Å². The Bertz CT molecular complexity index is 2910. The number of fused-ring (bicyclic) bond motifs is 4. The zero-order valence-corrected chi connectivity index (χ0v) is 32.8. The van der Waals surface area contributed by atoms with Crippen LogP contribution >= 0.6 is 0 Å². The van der Waals surface area contributed by atoms with Crippen molar-refractivity contribution in [2.75, 3.05) is 9.80 Å². The van der Waals surface area contributed by atoms with Crippen molar-refractivity contribution in [3.63, 3.8) is 0 Å². The van der Waals surface area contributed by atoms with Crippen molar-refractivity contribution in [1.29, 1.82) is 0 Å². The van der Waals surface area contributed by atoms with E-state index >= 15 is 0 Å². The second kappa shape index (κ2) is 15.3. The number of benzene rings is 7. The second-order valence-corrected chi connectivity index (χ2v) is 13.6. The molecule has 3 heterocycles. The van der Waals surface area contributed by atoms with Gasteiger partial charge in [0.05, 0.1) is 6.57 Å². The number of aromatic nitrogens is 2. The van der Waals surface area contributed by atoms with Crippen molar-refractivity contribution in [2.45, 2.75) is 0 Å². The molecular weight excluding hydrogens is 878 g/mol. The molecule has 6 heteroatoms. The Morgan fingerprint density at radius 2 is 1.25 bits per heavy atom. The van der Waals surface area contributed by atoms with Crippen LogP contribution in [0.25, 0.3) is 43.6 Å². The third-order valence-electron chi connectivity index (χ3n) is 10.3. The van der Waals surface area contributed by atoms with E-state index in [0.717, 1.165) is 83.8 Å². The SMILES string of the molecule is [C-]#[N+]c1ccc2c(c1)N(c1ccccc1)[CH-]N2c1[c-]c(C(=C(c2ccccc2)c2ccccc2)c2[c-]c3c(cc2)c2ccccc2n3-c2ccccn2)ccc1.[Pt]. The predicted octanol–water partition coefficient (Wildman–Crippen LogP) is 12.7. The fraction of sp³-hybridized carbons (Fsp3) is 0. The van der Waals surface area contributed by atoms with Gasteiger partial charge in [0.1, 0.15) is 5.82 Å². The molecule has 0 saturated heterocycles. The quantitative estimate of drug-likeness (QED) is 0.118. The first-order chi connectivity index (χ1) is 27.7. The van der Waals surface area contributed by atoms with Gasteiger partial charge in [-0.2, -0.15) is 0 Å². The standard InChI is InChI=1S/C51H32N5.Pt/c1-52-40-28-30-46-48(34-40)54(41-21-9-4-10-22-41)35-55(46)42-23-15-20-38(32-42)51(50(36-16-5-2-6-17-36)37-18-7-3-8-19-37)39-27-29-44-43-24-11-12-25-45(43)56(47(44)33-39)49-26-13-14-31-53-49;/h2-31,34-35H;/q-3;. The van der Waals surface area contributed by atoms with Crippen LogP contribution in [0.3, 0.4) is 0 Å². The van der Waals surface area contributed by atoms with Crippen LogP contribution in [-0.4, -0.2) is 9.55 Å². The summed E-state index contributed by atoms with van der Waals surface area (Å²) < 4.78 is 2.21. The molecule has 7 aromatic carbocycles. The Morgan fingerprint density at radius 3 is 1.96 bits per heavy atom. The van der Waals surface area contributed by atoms with Gasteiger partial charge in [-0.15, -0.1) is 65.8 Å². The van der Waals surface area contributed by atoms with Gasteiger partial charge in [-0.25, -0.2) is 9.83 Å². The summed E-state index contributed by atoms with van der Waals surface area (Å²) >= 11 is 0. The second-order valence-electron chi connectivity index (χ2n) is 13.6. The van der Waals surface area contributed by atoms with E-state index in [4.69, 9.17) is 11.6 Å². The van der Waals surface area contributed by atoms with Crippen LogP contribution in [0.5, 0.6) is 0 Å². The fourth-order valence-corrected chi connectivity index (χ4v) is 7.79. The Labute approximate surface area is 346 Å². The molecule has 0 unspecified atom stereocenters. The monoisotopic (exact) mass is 909 g/mol. The summed E-state index contributed by atoms with van der Waals surface area (Å²) in [7, 11) is 0. The molecule has 0 amide bonds. The first-order valence-corrected chi connectivity index (χ1v) is 18.5. The fourth-order valence-electron chi connectivity index (χ4n) is 7.79. The molecule has 0 spiro atoms. The summed E-state index contributed by atoms with van der Waals surface area (Å²) in [4.78, 5) is 12.8. The molecule has 10 rings (SSSR count). The maximum absolute atomic E-state index is 7.74. The normalized spacial score (nSPS) is 11.9. The number of pyridine rings is 1. The van der Waals surface area contributed by atoms with Crippen molar-refractivity contribution in [3.05, 3.63) is 241 Å². The molecule has 0 saturated carbocycles. The summed E-state index contributed by atoms with van der Waals surface area (Å²) in [5.41, 5.74) is 12.5. The molecule has 0 atom stereocenters. The van der Waals surface area contributed by atoms with E-state index < -0.39 is 0 Å². The third-order valence-corrected chi connectivity index (χ3v) is 10.3. The number of nitrogens with zero attached hydrogens (tertiary/aromatic N) is 5. The van der Waals surface area contributed by atoms with Gasteiger partial charge in [-0.3, -0.25) is 0 Å². The van der Waals surface area contributed by atoms with Gasteiger partial charge in [0.25, 0.3) is 0 Å². The molecule has 57 heavy (non-hydrogen) atoms. The van der Waals surface area contributed by atoms with Gasteiger partial charge < -0.3 is 14.4 Å².